The molecule has 4 heteroatoms. The Balaban J connectivity index is 1.45. The van der Waals surface area contributed by atoms with Gasteiger partial charge in [0.15, 0.2) is 0 Å². The predicted octanol–water partition coefficient (Wildman–Crippen LogP) is 5.80. The molecule has 3 atom stereocenters. The van der Waals surface area contributed by atoms with Crippen LogP contribution in [0.5, 0.6) is 0 Å². The van der Waals surface area contributed by atoms with Gasteiger partial charge in [-0.3, -0.25) is 9.69 Å². The molecule has 1 N–H and O–H groups in total. The first-order chi connectivity index (χ1) is 15.6. The van der Waals surface area contributed by atoms with Gasteiger partial charge in [0.25, 0.3) is 0 Å². The van der Waals surface area contributed by atoms with Gasteiger partial charge in [-0.2, -0.15) is 0 Å². The van der Waals surface area contributed by atoms with Crippen LogP contribution in [0.2, 0.25) is 0 Å². The van der Waals surface area contributed by atoms with Crippen LogP contribution < -0.4 is 5.32 Å². The highest BCUT2D eigenvalue weighted by atomic mass is 16.2. The molecule has 3 aliphatic rings. The molecule has 174 valence electrons. The average Bonchev–Trinajstić information content (AvgIpc) is 3.18. The molecule has 1 saturated carbocycles. The Morgan fingerprint density at radius 2 is 2.00 bits per heavy atom. The molecule has 2 aliphatic carbocycles. The molecule has 1 aromatic heterocycles. The number of hydrogen-bond donors (Lipinski definition) is 1. The molecule has 2 fully saturated rings. The highest BCUT2D eigenvalue weighted by molar-refractivity contribution is 5.89. The molecule has 5 rings (SSSR count). The standard InChI is InChI=1S/C28H41N3O/c1-4-5-14-30-17-21(28(32)29-22-10-7-6-8-11-22)15-24-23-12-9-13-25-27(23)20(16-26(24)30)18-31(25)19(2)3/h9,12-13,18-19,21-22,24,26H,4-8,10-11,14-17H2,1-3H3,(H,29,32)/t21-,24?,26-/m1/s1. The lowest BCUT2D eigenvalue weighted by atomic mass is 9.72. The number of aromatic nitrogens is 1. The lowest BCUT2D eigenvalue weighted by Crippen LogP contribution is -2.54. The van der Waals surface area contributed by atoms with E-state index in [0.717, 1.165) is 38.8 Å². The second kappa shape index (κ2) is 9.21. The van der Waals surface area contributed by atoms with E-state index in [1.165, 1.54) is 54.1 Å². The van der Waals surface area contributed by atoms with Crippen molar-refractivity contribution in [2.24, 2.45) is 5.92 Å². The van der Waals surface area contributed by atoms with Crippen molar-refractivity contribution in [1.29, 1.82) is 0 Å². The Kier molecular flexibility index (Phi) is 6.33. The van der Waals surface area contributed by atoms with E-state index < -0.39 is 0 Å². The van der Waals surface area contributed by atoms with Gasteiger partial charge < -0.3 is 9.88 Å². The summed E-state index contributed by atoms with van der Waals surface area (Å²) < 4.78 is 2.45. The maximum Gasteiger partial charge on any atom is 0.224 e. The van der Waals surface area contributed by atoms with Crippen LogP contribution in [0.15, 0.2) is 24.4 Å². The van der Waals surface area contributed by atoms with Crippen LogP contribution in [0.3, 0.4) is 0 Å². The van der Waals surface area contributed by atoms with Gasteiger partial charge in [-0.25, -0.2) is 0 Å². The quantitative estimate of drug-likeness (QED) is 0.622. The largest absolute Gasteiger partial charge is 0.353 e. The van der Waals surface area contributed by atoms with Crippen LogP contribution >= 0.6 is 0 Å². The molecule has 1 amide bonds. The minimum Gasteiger partial charge on any atom is -0.353 e. The number of piperidine rings is 1. The van der Waals surface area contributed by atoms with Crippen molar-refractivity contribution < 1.29 is 4.79 Å². The molecule has 2 aromatic rings. The summed E-state index contributed by atoms with van der Waals surface area (Å²) in [6, 6.07) is 8.28. The fraction of sp³-hybridized carbons (Fsp3) is 0.679. The summed E-state index contributed by atoms with van der Waals surface area (Å²) in [5.41, 5.74) is 4.38. The zero-order chi connectivity index (χ0) is 22.2. The van der Waals surface area contributed by atoms with Crippen LogP contribution in [0, 0.1) is 5.92 Å². The van der Waals surface area contributed by atoms with Gasteiger partial charge in [0, 0.05) is 47.7 Å². The SMILES string of the molecule is CCCCN1C[C@H](C(=O)NC2CCCCC2)CC2c3cccc4c3c(cn4C(C)C)C[C@H]21. The van der Waals surface area contributed by atoms with Crippen molar-refractivity contribution in [1.82, 2.24) is 14.8 Å². The number of likely N-dealkylation sites (tertiary alicyclic amines) is 1. The third kappa shape index (κ3) is 4.00. The molecule has 0 radical (unpaired) electrons. The van der Waals surface area contributed by atoms with E-state index in [-0.39, 0.29) is 5.92 Å². The third-order valence-corrected chi connectivity index (χ3v) is 8.40. The Bertz CT molecular complexity index is 955. The molecule has 1 aromatic carbocycles. The molecular formula is C28H41N3O. The van der Waals surface area contributed by atoms with Crippen LogP contribution in [-0.2, 0) is 11.2 Å². The molecule has 4 nitrogen and oxygen atoms in total. The number of rotatable bonds is 6. The number of benzene rings is 1. The van der Waals surface area contributed by atoms with Crippen LogP contribution in [-0.4, -0.2) is 40.5 Å². The van der Waals surface area contributed by atoms with E-state index in [1.807, 2.05) is 0 Å². The van der Waals surface area contributed by atoms with Gasteiger partial charge in [-0.1, -0.05) is 44.7 Å². The van der Waals surface area contributed by atoms with Gasteiger partial charge in [-0.15, -0.1) is 0 Å². The predicted molar refractivity (Wildman–Crippen MR) is 132 cm³/mol. The number of carbonyl (C=O) groups is 1. The first kappa shape index (κ1) is 22.0. The van der Waals surface area contributed by atoms with E-state index in [1.54, 1.807) is 0 Å². The summed E-state index contributed by atoms with van der Waals surface area (Å²) in [6.45, 7) is 8.87. The molecule has 32 heavy (non-hydrogen) atoms. The van der Waals surface area contributed by atoms with Crippen LogP contribution in [0.4, 0.5) is 0 Å². The molecule has 1 saturated heterocycles. The Hall–Kier alpha value is -1.81. The van der Waals surface area contributed by atoms with Crippen molar-refractivity contribution in [3.05, 3.63) is 35.5 Å². The maximum absolute atomic E-state index is 13.4. The summed E-state index contributed by atoms with van der Waals surface area (Å²) in [4.78, 5) is 16.1. The Morgan fingerprint density at radius 1 is 1.19 bits per heavy atom. The normalized spacial score (nSPS) is 26.4. The molecule has 1 unspecified atom stereocenters. The van der Waals surface area contributed by atoms with Crippen molar-refractivity contribution >= 4 is 16.8 Å². The van der Waals surface area contributed by atoms with Gasteiger partial charge in [0.1, 0.15) is 0 Å². The lowest BCUT2D eigenvalue weighted by molar-refractivity contribution is -0.128. The molecule has 0 bridgehead atoms. The second-order valence-electron chi connectivity index (χ2n) is 10.9. The van der Waals surface area contributed by atoms with Gasteiger partial charge >= 0.3 is 0 Å². The first-order valence-electron chi connectivity index (χ1n) is 13.2. The summed E-state index contributed by atoms with van der Waals surface area (Å²) >= 11 is 0. The Labute approximate surface area is 193 Å². The number of fused-ring (bicyclic) bond motifs is 2. The molecule has 1 aliphatic heterocycles. The van der Waals surface area contributed by atoms with Crippen LogP contribution in [0.1, 0.15) is 95.2 Å². The number of nitrogens with zero attached hydrogens (tertiary/aromatic N) is 2. The fourth-order valence-electron chi connectivity index (χ4n) is 6.73. The van der Waals surface area contributed by atoms with E-state index in [0.29, 0.717) is 30.0 Å². The summed E-state index contributed by atoms with van der Waals surface area (Å²) in [6.07, 6.45) is 13.1. The zero-order valence-corrected chi connectivity index (χ0v) is 20.3. The third-order valence-electron chi connectivity index (χ3n) is 8.40. The fourth-order valence-corrected chi connectivity index (χ4v) is 6.73. The number of carbonyl (C=O) groups excluding carboxylic acids is 1. The summed E-state index contributed by atoms with van der Waals surface area (Å²) in [5, 5.41) is 4.93. The average molecular weight is 436 g/mol. The van der Waals surface area contributed by atoms with Crippen molar-refractivity contribution in [3.63, 3.8) is 0 Å². The summed E-state index contributed by atoms with van der Waals surface area (Å²) in [7, 11) is 0. The summed E-state index contributed by atoms with van der Waals surface area (Å²) in [5.74, 6) is 0.885. The van der Waals surface area contributed by atoms with E-state index >= 15 is 0 Å². The topological polar surface area (TPSA) is 37.3 Å². The van der Waals surface area contributed by atoms with Crippen LogP contribution in [0.25, 0.3) is 10.9 Å². The number of unbranched alkanes of at least 4 members (excludes halogenated alkanes) is 1. The van der Waals surface area contributed by atoms with Gasteiger partial charge in [-0.05, 0) is 69.7 Å². The maximum atomic E-state index is 13.4. The van der Waals surface area contributed by atoms with Gasteiger partial charge in [0.2, 0.25) is 5.91 Å². The monoisotopic (exact) mass is 435 g/mol. The number of hydrogen-bond acceptors (Lipinski definition) is 2. The molecular weight excluding hydrogens is 394 g/mol. The van der Waals surface area contributed by atoms with E-state index in [9.17, 15) is 4.79 Å². The Morgan fingerprint density at radius 3 is 2.75 bits per heavy atom. The molecule has 2 heterocycles. The van der Waals surface area contributed by atoms with Crippen molar-refractivity contribution in [2.75, 3.05) is 13.1 Å². The first-order valence-corrected chi connectivity index (χ1v) is 13.2. The second-order valence-corrected chi connectivity index (χ2v) is 10.9. The number of amides is 1. The van der Waals surface area contributed by atoms with E-state index in [2.05, 4.69) is 60.0 Å². The smallest absolute Gasteiger partial charge is 0.224 e. The number of nitrogens with one attached hydrogen (secondary N) is 1. The molecule has 0 spiro atoms. The van der Waals surface area contributed by atoms with Gasteiger partial charge in [0.05, 0.1) is 5.92 Å². The zero-order valence-electron chi connectivity index (χ0n) is 20.3. The minimum absolute atomic E-state index is 0.110. The van der Waals surface area contributed by atoms with Crippen molar-refractivity contribution in [3.8, 4) is 0 Å². The van der Waals surface area contributed by atoms with E-state index in [4.69, 9.17) is 0 Å². The highest BCUT2D eigenvalue weighted by Gasteiger charge is 2.43. The lowest BCUT2D eigenvalue weighted by Gasteiger charge is -2.47. The highest BCUT2D eigenvalue weighted by Crippen LogP contribution is 2.46. The minimum atomic E-state index is 0.110. The van der Waals surface area contributed by atoms with Crippen molar-refractivity contribution in [2.45, 2.75) is 103 Å².